The van der Waals surface area contributed by atoms with Crippen molar-refractivity contribution in [3.8, 4) is 0 Å². The van der Waals surface area contributed by atoms with Gasteiger partial charge in [-0.2, -0.15) is 5.10 Å². The summed E-state index contributed by atoms with van der Waals surface area (Å²) < 4.78 is 7.57. The molecule has 2 unspecified atom stereocenters. The molecule has 1 fully saturated rings. The minimum Gasteiger partial charge on any atom is -0.378 e. The molecule has 1 aliphatic heterocycles. The lowest BCUT2D eigenvalue weighted by molar-refractivity contribution is -0.133. The average Bonchev–Trinajstić information content (AvgIpc) is 2.80. The van der Waals surface area contributed by atoms with Gasteiger partial charge in [0, 0.05) is 38.5 Å². The summed E-state index contributed by atoms with van der Waals surface area (Å²) in [6.07, 6.45) is 7.96. The van der Waals surface area contributed by atoms with Crippen LogP contribution in [-0.4, -0.2) is 53.4 Å². The molecule has 6 nitrogen and oxygen atoms in total. The van der Waals surface area contributed by atoms with Gasteiger partial charge in [-0.1, -0.05) is 6.92 Å². The van der Waals surface area contributed by atoms with Crippen LogP contribution in [0.3, 0.4) is 0 Å². The molecule has 2 atom stereocenters. The Morgan fingerprint density at radius 2 is 2.32 bits per heavy atom. The van der Waals surface area contributed by atoms with E-state index in [-0.39, 0.29) is 11.9 Å². The number of hydrogen-bond donors (Lipinski definition) is 1. The Hall–Kier alpha value is -1.40. The Bertz CT molecular complexity index is 474. The first kappa shape index (κ1) is 17.0. The second-order valence-electron chi connectivity index (χ2n) is 5.92. The molecule has 0 spiro atoms. The number of ether oxygens (including phenoxy) is 1. The van der Waals surface area contributed by atoms with Gasteiger partial charge < -0.3 is 15.0 Å². The van der Waals surface area contributed by atoms with Crippen molar-refractivity contribution < 1.29 is 9.53 Å². The second-order valence-corrected chi connectivity index (χ2v) is 5.92. The van der Waals surface area contributed by atoms with E-state index in [1.54, 1.807) is 10.9 Å². The molecule has 1 aromatic rings. The third-order valence-electron chi connectivity index (χ3n) is 4.14. The topological polar surface area (TPSA) is 59.4 Å². The van der Waals surface area contributed by atoms with Crippen molar-refractivity contribution in [3.05, 3.63) is 18.0 Å². The zero-order chi connectivity index (χ0) is 15.9. The maximum atomic E-state index is 12.8. The molecule has 1 saturated heterocycles. The third kappa shape index (κ3) is 4.30. The Balaban J connectivity index is 1.96. The van der Waals surface area contributed by atoms with Gasteiger partial charge in [-0.05, 0) is 32.7 Å². The Labute approximate surface area is 132 Å². The van der Waals surface area contributed by atoms with Gasteiger partial charge in [-0.15, -0.1) is 0 Å². The van der Waals surface area contributed by atoms with E-state index in [0.717, 1.165) is 50.9 Å². The Morgan fingerprint density at radius 3 is 2.95 bits per heavy atom. The summed E-state index contributed by atoms with van der Waals surface area (Å²) in [5.74, 6) is 0.131. The van der Waals surface area contributed by atoms with E-state index >= 15 is 0 Å². The molecule has 1 aliphatic rings. The smallest absolute Gasteiger partial charge is 0.244 e. The van der Waals surface area contributed by atoms with E-state index in [0.29, 0.717) is 6.10 Å². The summed E-state index contributed by atoms with van der Waals surface area (Å²) in [6.45, 7) is 4.51. The normalized spacial score (nSPS) is 20.7. The molecule has 6 heteroatoms. The van der Waals surface area contributed by atoms with Crippen LogP contribution in [-0.2, 0) is 16.6 Å². The predicted molar refractivity (Wildman–Crippen MR) is 85.5 cm³/mol. The molecule has 1 amide bonds. The van der Waals surface area contributed by atoms with Gasteiger partial charge >= 0.3 is 0 Å². The summed E-state index contributed by atoms with van der Waals surface area (Å²) in [4.78, 5) is 14.8. The first-order valence-electron chi connectivity index (χ1n) is 8.22. The number of amides is 1. The van der Waals surface area contributed by atoms with E-state index in [1.165, 1.54) is 0 Å². The highest BCUT2D eigenvalue weighted by Gasteiger charge is 2.27. The van der Waals surface area contributed by atoms with Gasteiger partial charge in [-0.3, -0.25) is 9.48 Å². The van der Waals surface area contributed by atoms with Crippen LogP contribution in [0, 0.1) is 0 Å². The summed E-state index contributed by atoms with van der Waals surface area (Å²) >= 11 is 0. The minimum atomic E-state index is -0.318. The van der Waals surface area contributed by atoms with E-state index in [2.05, 4.69) is 17.3 Å². The number of nitrogens with zero attached hydrogens (tertiary/aromatic N) is 3. The fourth-order valence-electron chi connectivity index (χ4n) is 2.94. The van der Waals surface area contributed by atoms with Gasteiger partial charge in [0.15, 0.2) is 0 Å². The molecule has 1 N–H and O–H groups in total. The first-order valence-corrected chi connectivity index (χ1v) is 8.22. The summed E-state index contributed by atoms with van der Waals surface area (Å²) in [5.41, 5.74) is 0.915. The molecule has 0 aromatic carbocycles. The molecule has 0 bridgehead atoms. The van der Waals surface area contributed by atoms with Crippen molar-refractivity contribution in [1.82, 2.24) is 20.0 Å². The van der Waals surface area contributed by atoms with Crippen molar-refractivity contribution in [2.45, 2.75) is 44.8 Å². The van der Waals surface area contributed by atoms with Gasteiger partial charge in [0.25, 0.3) is 0 Å². The number of nitrogens with one attached hydrogen (secondary N) is 1. The maximum Gasteiger partial charge on any atom is 0.244 e. The number of likely N-dealkylation sites (tertiary alicyclic amines) is 1. The molecule has 2 heterocycles. The number of carbonyl (C=O) groups is 1. The van der Waals surface area contributed by atoms with Gasteiger partial charge in [-0.25, -0.2) is 0 Å². The fourth-order valence-corrected chi connectivity index (χ4v) is 2.94. The quantitative estimate of drug-likeness (QED) is 0.865. The van der Waals surface area contributed by atoms with Crippen molar-refractivity contribution in [1.29, 1.82) is 0 Å². The number of aryl methyl sites for hydroxylation is 1. The molecule has 0 saturated carbocycles. The monoisotopic (exact) mass is 308 g/mol. The molecule has 0 aliphatic carbocycles. The van der Waals surface area contributed by atoms with E-state index < -0.39 is 0 Å². The second kappa shape index (κ2) is 8.29. The molecule has 1 aromatic heterocycles. The standard InChI is InChI=1S/C16H28N4O2/c1-4-10-22-14-6-5-8-20(9-7-14)16(21)15(17-2)13-11-18-19(3)12-13/h11-12,14-15,17H,4-10H2,1-3H3. The van der Waals surface area contributed by atoms with Crippen LogP contribution in [0.4, 0.5) is 0 Å². The summed E-state index contributed by atoms with van der Waals surface area (Å²) in [5, 5.41) is 7.28. The van der Waals surface area contributed by atoms with E-state index in [4.69, 9.17) is 4.74 Å². The predicted octanol–water partition coefficient (Wildman–Crippen LogP) is 1.49. The zero-order valence-corrected chi connectivity index (χ0v) is 13.9. The highest BCUT2D eigenvalue weighted by atomic mass is 16.5. The Morgan fingerprint density at radius 1 is 1.50 bits per heavy atom. The highest BCUT2D eigenvalue weighted by molar-refractivity contribution is 5.83. The van der Waals surface area contributed by atoms with Gasteiger partial charge in [0.2, 0.25) is 5.91 Å². The van der Waals surface area contributed by atoms with Crippen LogP contribution in [0.25, 0.3) is 0 Å². The molecule has 124 valence electrons. The average molecular weight is 308 g/mol. The zero-order valence-electron chi connectivity index (χ0n) is 13.9. The largest absolute Gasteiger partial charge is 0.378 e. The molecular formula is C16H28N4O2. The van der Waals surface area contributed by atoms with Crippen LogP contribution in [0.2, 0.25) is 0 Å². The lowest BCUT2D eigenvalue weighted by Gasteiger charge is -2.25. The SMILES string of the molecule is CCCOC1CCCN(C(=O)C(NC)c2cnn(C)c2)CC1. The molecule has 2 rings (SSSR count). The number of aromatic nitrogens is 2. The van der Waals surface area contributed by atoms with Gasteiger partial charge in [0.05, 0.1) is 12.3 Å². The number of carbonyl (C=O) groups excluding carboxylic acids is 1. The number of rotatable bonds is 6. The highest BCUT2D eigenvalue weighted by Crippen LogP contribution is 2.19. The molecule has 22 heavy (non-hydrogen) atoms. The van der Waals surface area contributed by atoms with Crippen molar-refractivity contribution >= 4 is 5.91 Å². The van der Waals surface area contributed by atoms with Crippen LogP contribution in [0.15, 0.2) is 12.4 Å². The number of likely N-dealkylation sites (N-methyl/N-ethyl adjacent to an activating group) is 1. The van der Waals surface area contributed by atoms with Crippen LogP contribution < -0.4 is 5.32 Å². The van der Waals surface area contributed by atoms with Crippen molar-refractivity contribution in [3.63, 3.8) is 0 Å². The lowest BCUT2D eigenvalue weighted by Crippen LogP contribution is -2.40. The molecular weight excluding hydrogens is 280 g/mol. The van der Waals surface area contributed by atoms with E-state index in [9.17, 15) is 4.79 Å². The van der Waals surface area contributed by atoms with E-state index in [1.807, 2.05) is 25.2 Å². The minimum absolute atomic E-state index is 0.131. The van der Waals surface area contributed by atoms with Crippen LogP contribution >= 0.6 is 0 Å². The van der Waals surface area contributed by atoms with Crippen LogP contribution in [0.1, 0.15) is 44.2 Å². The van der Waals surface area contributed by atoms with Crippen molar-refractivity contribution in [2.24, 2.45) is 7.05 Å². The fraction of sp³-hybridized carbons (Fsp3) is 0.750. The summed E-state index contributed by atoms with van der Waals surface area (Å²) in [7, 11) is 3.68. The molecule has 0 radical (unpaired) electrons. The van der Waals surface area contributed by atoms with Crippen LogP contribution in [0.5, 0.6) is 0 Å². The Kier molecular flexibility index (Phi) is 6.39. The maximum absolute atomic E-state index is 12.8. The number of hydrogen-bond acceptors (Lipinski definition) is 4. The van der Waals surface area contributed by atoms with Crippen molar-refractivity contribution in [2.75, 3.05) is 26.7 Å². The summed E-state index contributed by atoms with van der Waals surface area (Å²) in [6, 6.07) is -0.318. The lowest BCUT2D eigenvalue weighted by atomic mass is 10.1. The first-order chi connectivity index (χ1) is 10.7. The third-order valence-corrected chi connectivity index (χ3v) is 4.14. The van der Waals surface area contributed by atoms with Gasteiger partial charge in [0.1, 0.15) is 6.04 Å².